The van der Waals surface area contributed by atoms with Crippen molar-refractivity contribution in [3.63, 3.8) is 0 Å². The van der Waals surface area contributed by atoms with E-state index in [4.69, 9.17) is 9.47 Å². The summed E-state index contributed by atoms with van der Waals surface area (Å²) in [5.41, 5.74) is 2.28. The van der Waals surface area contributed by atoms with E-state index in [-0.39, 0.29) is 0 Å². The maximum absolute atomic E-state index is 5.65. The Bertz CT molecular complexity index is 686. The van der Waals surface area contributed by atoms with Gasteiger partial charge in [-0.15, -0.1) is 0 Å². The fourth-order valence-electron chi connectivity index (χ4n) is 2.57. The molecule has 0 bridgehead atoms. The zero-order chi connectivity index (χ0) is 17.9. The fourth-order valence-corrected chi connectivity index (χ4v) is 2.57. The van der Waals surface area contributed by atoms with Crippen molar-refractivity contribution < 1.29 is 9.47 Å². The lowest BCUT2D eigenvalue weighted by Crippen LogP contribution is -2.37. The van der Waals surface area contributed by atoms with Gasteiger partial charge in [-0.2, -0.15) is 0 Å². The van der Waals surface area contributed by atoms with Crippen LogP contribution in [0.4, 0.5) is 0 Å². The number of aliphatic imine (C=N–C) groups is 1. The van der Waals surface area contributed by atoms with Crippen LogP contribution in [-0.4, -0.2) is 33.3 Å². The molecule has 0 fully saturated rings. The Morgan fingerprint density at radius 2 is 1.64 bits per heavy atom. The molecule has 25 heavy (non-hydrogen) atoms. The summed E-state index contributed by atoms with van der Waals surface area (Å²) in [7, 11) is 3.47. The molecule has 2 aromatic carbocycles. The van der Waals surface area contributed by atoms with Gasteiger partial charge in [0.15, 0.2) is 5.96 Å². The average molecular weight is 341 g/mol. The van der Waals surface area contributed by atoms with E-state index in [1.54, 1.807) is 14.2 Å². The minimum absolute atomic E-state index is 0.656. The van der Waals surface area contributed by atoms with Crippen LogP contribution in [0.15, 0.2) is 53.5 Å². The van der Waals surface area contributed by atoms with Crippen LogP contribution in [0, 0.1) is 0 Å². The predicted octanol–water partition coefficient (Wildman–Crippen LogP) is 3.00. The number of benzene rings is 2. The van der Waals surface area contributed by atoms with Gasteiger partial charge in [0.25, 0.3) is 0 Å². The van der Waals surface area contributed by atoms with Crippen molar-refractivity contribution in [3.05, 3.63) is 59.7 Å². The molecule has 0 heterocycles. The highest BCUT2D eigenvalue weighted by atomic mass is 16.5. The summed E-state index contributed by atoms with van der Waals surface area (Å²) in [4.78, 5) is 4.27. The maximum atomic E-state index is 5.65. The van der Waals surface area contributed by atoms with Crippen LogP contribution >= 0.6 is 0 Å². The standard InChI is InChI=1S/C20H27N3O2/c1-4-25-19-12-8-6-10-17(19)15-23-20(21-2)22-14-13-16-9-5-7-11-18(16)24-3/h5-12H,4,13-15H2,1-3H3,(H2,21,22,23). The van der Waals surface area contributed by atoms with E-state index in [0.717, 1.165) is 36.0 Å². The van der Waals surface area contributed by atoms with Gasteiger partial charge in [0.1, 0.15) is 11.5 Å². The molecule has 0 atom stereocenters. The molecule has 0 saturated carbocycles. The van der Waals surface area contributed by atoms with Gasteiger partial charge in [0, 0.05) is 25.7 Å². The first-order chi connectivity index (χ1) is 12.3. The molecule has 0 aliphatic rings. The minimum atomic E-state index is 0.656. The largest absolute Gasteiger partial charge is 0.496 e. The van der Waals surface area contributed by atoms with Gasteiger partial charge in [-0.3, -0.25) is 4.99 Å². The highest BCUT2D eigenvalue weighted by Crippen LogP contribution is 2.18. The van der Waals surface area contributed by atoms with E-state index in [1.165, 1.54) is 5.56 Å². The molecule has 0 aliphatic carbocycles. The molecule has 0 unspecified atom stereocenters. The molecule has 5 nitrogen and oxygen atoms in total. The number of hydrogen-bond donors (Lipinski definition) is 2. The molecule has 2 aromatic rings. The number of guanidine groups is 1. The highest BCUT2D eigenvalue weighted by Gasteiger charge is 2.05. The Morgan fingerprint density at radius 3 is 2.32 bits per heavy atom. The summed E-state index contributed by atoms with van der Waals surface area (Å²) >= 11 is 0. The Morgan fingerprint density at radius 1 is 0.960 bits per heavy atom. The molecule has 0 spiro atoms. The fraction of sp³-hybridized carbons (Fsp3) is 0.350. The minimum Gasteiger partial charge on any atom is -0.496 e. The van der Waals surface area contributed by atoms with Crippen LogP contribution in [-0.2, 0) is 13.0 Å². The smallest absolute Gasteiger partial charge is 0.191 e. The lowest BCUT2D eigenvalue weighted by atomic mass is 10.1. The zero-order valence-corrected chi connectivity index (χ0v) is 15.2. The van der Waals surface area contributed by atoms with Gasteiger partial charge in [-0.1, -0.05) is 36.4 Å². The molecule has 2 N–H and O–H groups in total. The number of methoxy groups -OCH3 is 1. The third-order valence-corrected chi connectivity index (χ3v) is 3.82. The number of ether oxygens (including phenoxy) is 2. The van der Waals surface area contributed by atoms with Crippen molar-refractivity contribution >= 4 is 5.96 Å². The van der Waals surface area contributed by atoms with Gasteiger partial charge in [0.2, 0.25) is 0 Å². The summed E-state index contributed by atoms with van der Waals surface area (Å²) in [6, 6.07) is 16.1. The monoisotopic (exact) mass is 341 g/mol. The first-order valence-corrected chi connectivity index (χ1v) is 8.55. The second kappa shape index (κ2) is 10.2. The van der Waals surface area contributed by atoms with Crippen LogP contribution in [0.3, 0.4) is 0 Å². The third kappa shape index (κ3) is 5.71. The zero-order valence-electron chi connectivity index (χ0n) is 15.2. The average Bonchev–Trinajstić information content (AvgIpc) is 2.66. The van der Waals surface area contributed by atoms with Crippen LogP contribution in [0.5, 0.6) is 11.5 Å². The number of para-hydroxylation sites is 2. The summed E-state index contributed by atoms with van der Waals surface area (Å²) in [6.07, 6.45) is 0.861. The van der Waals surface area contributed by atoms with Crippen molar-refractivity contribution in [1.82, 2.24) is 10.6 Å². The van der Waals surface area contributed by atoms with E-state index in [9.17, 15) is 0 Å². The second-order valence-electron chi connectivity index (χ2n) is 5.46. The molecule has 0 aliphatic heterocycles. The molecule has 0 amide bonds. The maximum Gasteiger partial charge on any atom is 0.191 e. The highest BCUT2D eigenvalue weighted by molar-refractivity contribution is 5.79. The van der Waals surface area contributed by atoms with E-state index in [1.807, 2.05) is 43.3 Å². The lowest BCUT2D eigenvalue weighted by Gasteiger charge is -2.15. The van der Waals surface area contributed by atoms with Crippen molar-refractivity contribution in [2.45, 2.75) is 19.9 Å². The molecule has 0 saturated heterocycles. The normalized spacial score (nSPS) is 11.1. The molecule has 5 heteroatoms. The van der Waals surface area contributed by atoms with E-state index in [2.05, 4.69) is 27.8 Å². The number of rotatable bonds is 8. The van der Waals surface area contributed by atoms with Crippen LogP contribution in [0.25, 0.3) is 0 Å². The van der Waals surface area contributed by atoms with Crippen molar-refractivity contribution in [2.75, 3.05) is 27.3 Å². The first kappa shape index (κ1) is 18.6. The molecule has 0 radical (unpaired) electrons. The van der Waals surface area contributed by atoms with E-state index >= 15 is 0 Å². The number of nitrogens with one attached hydrogen (secondary N) is 2. The second-order valence-corrected chi connectivity index (χ2v) is 5.46. The molecule has 134 valence electrons. The molecule has 2 rings (SSSR count). The van der Waals surface area contributed by atoms with Gasteiger partial charge in [-0.25, -0.2) is 0 Å². The SMILES string of the molecule is CCOc1ccccc1CNC(=NC)NCCc1ccccc1OC. The third-order valence-electron chi connectivity index (χ3n) is 3.82. The van der Waals surface area contributed by atoms with Crippen molar-refractivity contribution in [1.29, 1.82) is 0 Å². The Labute approximate surface area is 150 Å². The summed E-state index contributed by atoms with van der Waals surface area (Å²) in [6.45, 7) is 4.07. The van der Waals surface area contributed by atoms with E-state index < -0.39 is 0 Å². The number of hydrogen-bond acceptors (Lipinski definition) is 3. The topological polar surface area (TPSA) is 54.9 Å². The summed E-state index contributed by atoms with van der Waals surface area (Å²) in [5.74, 6) is 2.58. The lowest BCUT2D eigenvalue weighted by molar-refractivity contribution is 0.336. The van der Waals surface area contributed by atoms with Crippen molar-refractivity contribution in [3.8, 4) is 11.5 Å². The Hall–Kier alpha value is -2.69. The van der Waals surface area contributed by atoms with Crippen molar-refractivity contribution in [2.24, 2.45) is 4.99 Å². The van der Waals surface area contributed by atoms with Gasteiger partial charge in [-0.05, 0) is 31.0 Å². The van der Waals surface area contributed by atoms with Gasteiger partial charge < -0.3 is 20.1 Å². The van der Waals surface area contributed by atoms with Gasteiger partial charge >= 0.3 is 0 Å². The molecular weight excluding hydrogens is 314 g/mol. The predicted molar refractivity (Wildman–Crippen MR) is 103 cm³/mol. The van der Waals surface area contributed by atoms with Crippen LogP contribution in [0.1, 0.15) is 18.1 Å². The van der Waals surface area contributed by atoms with Gasteiger partial charge in [0.05, 0.1) is 13.7 Å². The Balaban J connectivity index is 1.85. The number of nitrogens with zero attached hydrogens (tertiary/aromatic N) is 1. The summed E-state index contributed by atoms with van der Waals surface area (Å²) < 4.78 is 11.0. The summed E-state index contributed by atoms with van der Waals surface area (Å²) in [5, 5.41) is 6.66. The Kier molecular flexibility index (Phi) is 7.63. The van der Waals surface area contributed by atoms with E-state index in [0.29, 0.717) is 13.2 Å². The first-order valence-electron chi connectivity index (χ1n) is 8.55. The van der Waals surface area contributed by atoms with Crippen LogP contribution < -0.4 is 20.1 Å². The van der Waals surface area contributed by atoms with Crippen LogP contribution in [0.2, 0.25) is 0 Å². The molecule has 0 aromatic heterocycles. The quantitative estimate of drug-likeness (QED) is 0.572. The molecular formula is C20H27N3O2.